The Kier molecular flexibility index (Phi) is 4.89. The lowest BCUT2D eigenvalue weighted by Gasteiger charge is -2.22. The van der Waals surface area contributed by atoms with E-state index in [-0.39, 0.29) is 5.41 Å². The lowest BCUT2D eigenvalue weighted by atomic mass is 9.85. The van der Waals surface area contributed by atoms with Crippen LogP contribution in [0.5, 0.6) is 0 Å². The fourth-order valence-corrected chi connectivity index (χ4v) is 0.898. The van der Waals surface area contributed by atoms with Gasteiger partial charge in [0.25, 0.3) is 0 Å². The van der Waals surface area contributed by atoms with Gasteiger partial charge >= 0.3 is 0 Å². The monoisotopic (exact) mass is 155 g/mol. The Bertz CT molecular complexity index is 135. The summed E-state index contributed by atoms with van der Waals surface area (Å²) < 4.78 is 4.97. The summed E-state index contributed by atoms with van der Waals surface area (Å²) in [4.78, 5) is 0. The summed E-state index contributed by atoms with van der Waals surface area (Å²) >= 11 is 0. The number of hydrogen-bond donors (Lipinski definition) is 0. The first-order chi connectivity index (χ1) is 5.12. The predicted molar refractivity (Wildman–Crippen MR) is 45.1 cm³/mol. The molecule has 2 heteroatoms. The molecule has 64 valence electrons. The van der Waals surface area contributed by atoms with E-state index in [1.807, 2.05) is 0 Å². The molecule has 0 N–H and O–H groups in total. The SMILES string of the molecule is COCCC(C)(C)CCC#N. The van der Waals surface area contributed by atoms with Gasteiger partial charge in [-0.3, -0.25) is 0 Å². The van der Waals surface area contributed by atoms with Gasteiger partial charge in [0.2, 0.25) is 0 Å². The fourth-order valence-electron chi connectivity index (χ4n) is 0.898. The number of nitrogens with zero attached hydrogens (tertiary/aromatic N) is 1. The minimum atomic E-state index is 0.256. The Morgan fingerprint density at radius 3 is 2.45 bits per heavy atom. The lowest BCUT2D eigenvalue weighted by Crippen LogP contribution is -2.13. The zero-order valence-electron chi connectivity index (χ0n) is 7.68. The lowest BCUT2D eigenvalue weighted by molar-refractivity contribution is 0.148. The Morgan fingerprint density at radius 2 is 2.00 bits per heavy atom. The molecule has 0 rings (SSSR count). The molecule has 2 nitrogen and oxygen atoms in total. The van der Waals surface area contributed by atoms with E-state index in [1.165, 1.54) is 0 Å². The first-order valence-corrected chi connectivity index (χ1v) is 3.98. The van der Waals surface area contributed by atoms with Crippen molar-refractivity contribution in [2.75, 3.05) is 13.7 Å². The van der Waals surface area contributed by atoms with Crippen LogP contribution in [0.2, 0.25) is 0 Å². The van der Waals surface area contributed by atoms with Crippen LogP contribution >= 0.6 is 0 Å². The van der Waals surface area contributed by atoms with Crippen molar-refractivity contribution in [3.8, 4) is 6.07 Å². The number of nitriles is 1. The number of ether oxygens (including phenoxy) is 1. The molecule has 0 aromatic carbocycles. The topological polar surface area (TPSA) is 33.0 Å². The van der Waals surface area contributed by atoms with E-state index >= 15 is 0 Å². The van der Waals surface area contributed by atoms with E-state index in [0.717, 1.165) is 19.4 Å². The van der Waals surface area contributed by atoms with Crippen LogP contribution in [0.3, 0.4) is 0 Å². The van der Waals surface area contributed by atoms with Gasteiger partial charge < -0.3 is 4.74 Å². The van der Waals surface area contributed by atoms with Crippen molar-refractivity contribution in [2.24, 2.45) is 5.41 Å². The van der Waals surface area contributed by atoms with Gasteiger partial charge in [0, 0.05) is 20.1 Å². The maximum Gasteiger partial charge on any atom is 0.0621 e. The normalized spacial score (nSPS) is 11.1. The molecule has 0 bridgehead atoms. The third-order valence-electron chi connectivity index (χ3n) is 1.90. The molecule has 11 heavy (non-hydrogen) atoms. The van der Waals surface area contributed by atoms with Gasteiger partial charge in [-0.15, -0.1) is 0 Å². The third-order valence-corrected chi connectivity index (χ3v) is 1.90. The van der Waals surface area contributed by atoms with Gasteiger partial charge in [0.15, 0.2) is 0 Å². The maximum atomic E-state index is 8.37. The Hall–Kier alpha value is -0.550. The number of rotatable bonds is 5. The van der Waals surface area contributed by atoms with Crippen molar-refractivity contribution >= 4 is 0 Å². The van der Waals surface area contributed by atoms with Crippen molar-refractivity contribution in [3.63, 3.8) is 0 Å². The van der Waals surface area contributed by atoms with Gasteiger partial charge in [0.05, 0.1) is 6.07 Å². The highest BCUT2D eigenvalue weighted by Gasteiger charge is 2.16. The summed E-state index contributed by atoms with van der Waals surface area (Å²) in [6.45, 7) is 5.13. The van der Waals surface area contributed by atoms with Gasteiger partial charge in [-0.2, -0.15) is 5.26 Å². The van der Waals surface area contributed by atoms with Crippen molar-refractivity contribution in [2.45, 2.75) is 33.1 Å². The van der Waals surface area contributed by atoms with Crippen LogP contribution in [0.15, 0.2) is 0 Å². The quantitative estimate of drug-likeness (QED) is 0.610. The molecular formula is C9H17NO. The van der Waals surface area contributed by atoms with E-state index in [1.54, 1.807) is 7.11 Å². The van der Waals surface area contributed by atoms with Crippen LogP contribution in [0.1, 0.15) is 33.1 Å². The zero-order chi connectivity index (χ0) is 8.74. The largest absolute Gasteiger partial charge is 0.385 e. The highest BCUT2D eigenvalue weighted by molar-refractivity contribution is 4.76. The Morgan fingerprint density at radius 1 is 1.36 bits per heavy atom. The Balaban J connectivity index is 3.54. The van der Waals surface area contributed by atoms with Gasteiger partial charge in [-0.25, -0.2) is 0 Å². The van der Waals surface area contributed by atoms with Crippen LogP contribution in [0.4, 0.5) is 0 Å². The molecule has 0 heterocycles. The van der Waals surface area contributed by atoms with E-state index in [2.05, 4.69) is 19.9 Å². The second kappa shape index (κ2) is 5.15. The van der Waals surface area contributed by atoms with E-state index in [4.69, 9.17) is 10.00 Å². The first kappa shape index (κ1) is 10.4. The van der Waals surface area contributed by atoms with Gasteiger partial charge in [-0.1, -0.05) is 13.8 Å². The smallest absolute Gasteiger partial charge is 0.0621 e. The minimum Gasteiger partial charge on any atom is -0.385 e. The van der Waals surface area contributed by atoms with Crippen LogP contribution in [0, 0.1) is 16.7 Å². The standard InChI is InChI=1S/C9H17NO/c1-9(2,5-4-7-10)6-8-11-3/h4-6,8H2,1-3H3. The molecule has 0 aliphatic heterocycles. The van der Waals surface area contributed by atoms with Gasteiger partial charge in [-0.05, 0) is 18.3 Å². The third kappa shape index (κ3) is 5.87. The second-order valence-corrected chi connectivity index (χ2v) is 3.57. The fraction of sp³-hybridized carbons (Fsp3) is 0.889. The second-order valence-electron chi connectivity index (χ2n) is 3.57. The molecule has 0 aliphatic carbocycles. The van der Waals surface area contributed by atoms with Crippen LogP contribution in [-0.2, 0) is 4.74 Å². The molecule has 0 atom stereocenters. The average Bonchev–Trinajstić information content (AvgIpc) is 1.97. The summed E-state index contributed by atoms with van der Waals surface area (Å²) in [7, 11) is 1.71. The van der Waals surface area contributed by atoms with Crippen molar-refractivity contribution in [1.82, 2.24) is 0 Å². The van der Waals surface area contributed by atoms with Crippen LogP contribution < -0.4 is 0 Å². The minimum absolute atomic E-state index is 0.256. The van der Waals surface area contributed by atoms with Crippen LogP contribution in [-0.4, -0.2) is 13.7 Å². The molecule has 0 spiro atoms. The highest BCUT2D eigenvalue weighted by Crippen LogP contribution is 2.25. The zero-order valence-corrected chi connectivity index (χ0v) is 7.68. The molecule has 0 aromatic rings. The molecule has 0 aliphatic rings. The highest BCUT2D eigenvalue weighted by atomic mass is 16.5. The molecule has 0 amide bonds. The van der Waals surface area contributed by atoms with Crippen molar-refractivity contribution in [1.29, 1.82) is 5.26 Å². The molecule has 0 fully saturated rings. The molecule has 0 aromatic heterocycles. The first-order valence-electron chi connectivity index (χ1n) is 3.98. The maximum absolute atomic E-state index is 8.37. The molecule has 0 saturated carbocycles. The predicted octanol–water partition coefficient (Wildman–Crippen LogP) is 2.35. The summed E-state index contributed by atoms with van der Waals surface area (Å²) in [6, 6.07) is 2.16. The van der Waals surface area contributed by atoms with Crippen molar-refractivity contribution in [3.05, 3.63) is 0 Å². The molecule has 0 radical (unpaired) electrons. The summed E-state index contributed by atoms with van der Waals surface area (Å²) in [5.41, 5.74) is 0.256. The number of hydrogen-bond acceptors (Lipinski definition) is 2. The average molecular weight is 155 g/mol. The van der Waals surface area contributed by atoms with E-state index in [9.17, 15) is 0 Å². The number of methoxy groups -OCH3 is 1. The Labute approximate surface area is 69.2 Å². The van der Waals surface area contributed by atoms with Crippen molar-refractivity contribution < 1.29 is 4.74 Å². The summed E-state index contributed by atoms with van der Waals surface area (Å²) in [5.74, 6) is 0. The van der Waals surface area contributed by atoms with Crippen LogP contribution in [0.25, 0.3) is 0 Å². The molecule has 0 unspecified atom stereocenters. The van der Waals surface area contributed by atoms with E-state index in [0.29, 0.717) is 6.42 Å². The summed E-state index contributed by atoms with van der Waals surface area (Å²) in [6.07, 6.45) is 2.65. The molecular weight excluding hydrogens is 138 g/mol. The summed E-state index contributed by atoms with van der Waals surface area (Å²) in [5, 5.41) is 8.37. The van der Waals surface area contributed by atoms with E-state index < -0.39 is 0 Å². The molecule has 0 saturated heterocycles. The van der Waals surface area contributed by atoms with Gasteiger partial charge in [0.1, 0.15) is 0 Å².